The van der Waals surface area contributed by atoms with Crippen molar-refractivity contribution in [2.24, 2.45) is 5.41 Å². The van der Waals surface area contributed by atoms with E-state index < -0.39 is 31.8 Å². The lowest BCUT2D eigenvalue weighted by molar-refractivity contribution is -0.0328. The van der Waals surface area contributed by atoms with Crippen LogP contribution in [0.15, 0.2) is 0 Å². The minimum atomic E-state index is -1.66. The lowest BCUT2D eigenvalue weighted by Gasteiger charge is -2.23. The second kappa shape index (κ2) is 3.79. The van der Waals surface area contributed by atoms with Crippen LogP contribution in [0.5, 0.6) is 0 Å². The minimum Gasteiger partial charge on any atom is -0.396 e. The fraction of sp³-hybridized carbons (Fsp3) is 1.00. The van der Waals surface area contributed by atoms with Crippen LogP contribution in [0.2, 0.25) is 0 Å². The van der Waals surface area contributed by atoms with Crippen LogP contribution in [0.4, 0.5) is 0 Å². The van der Waals surface area contributed by atoms with Crippen LogP contribution in [0.25, 0.3) is 0 Å². The Balaban J connectivity index is 4.15. The molecule has 0 aromatic carbocycles. The van der Waals surface area contributed by atoms with E-state index in [-0.39, 0.29) is 0 Å². The van der Waals surface area contributed by atoms with Gasteiger partial charge in [0.25, 0.3) is 0 Å². The maximum absolute atomic E-state index is 8.65. The highest BCUT2D eigenvalue weighted by molar-refractivity contribution is 4.74. The maximum atomic E-state index is 8.65. The van der Waals surface area contributed by atoms with Crippen molar-refractivity contribution in [1.29, 1.82) is 0 Å². The molecule has 0 fully saturated rings. The Hall–Kier alpha value is -0.160. The molecule has 0 amide bonds. The van der Waals surface area contributed by atoms with E-state index in [0.717, 1.165) is 0 Å². The Morgan fingerprint density at radius 1 is 1.00 bits per heavy atom. The van der Waals surface area contributed by atoms with E-state index in [1.54, 1.807) is 0 Å². The number of rotatable bonds is 4. The molecule has 0 radical (unpaired) electrons. The highest BCUT2D eigenvalue weighted by Gasteiger charge is 2.26. The molecule has 4 heteroatoms. The molecule has 0 bridgehead atoms. The fourth-order valence-electron chi connectivity index (χ4n) is 0.272. The zero-order valence-corrected chi connectivity index (χ0v) is 4.99. The number of aliphatic hydroxyl groups is 4. The quantitative estimate of drug-likeness (QED) is 0.359. The van der Waals surface area contributed by atoms with Gasteiger partial charge in [-0.1, -0.05) is 0 Å². The maximum Gasteiger partial charge on any atom is 0.0627 e. The van der Waals surface area contributed by atoms with Crippen LogP contribution in [-0.4, -0.2) is 46.8 Å². The first-order valence-corrected chi connectivity index (χ1v) is 2.56. The van der Waals surface area contributed by atoms with Gasteiger partial charge in [-0.25, -0.2) is 0 Å². The van der Waals surface area contributed by atoms with Gasteiger partial charge < -0.3 is 20.4 Å². The van der Waals surface area contributed by atoms with Crippen LogP contribution < -0.4 is 0 Å². The second-order valence-corrected chi connectivity index (χ2v) is 1.97. The number of aliphatic hydroxyl groups excluding tert-OH is 4. The molecule has 0 aromatic rings. The molecule has 1 unspecified atom stereocenters. The van der Waals surface area contributed by atoms with Gasteiger partial charge in [-0.15, -0.1) is 0 Å². The zero-order chi connectivity index (χ0) is 8.20. The highest BCUT2D eigenvalue weighted by atomic mass is 16.3. The molecule has 0 heterocycles. The Bertz CT molecular complexity index is 83.4. The summed E-state index contributed by atoms with van der Waals surface area (Å²) in [6.07, 6.45) is 0. The van der Waals surface area contributed by atoms with E-state index in [4.69, 9.17) is 21.8 Å². The smallest absolute Gasteiger partial charge is 0.0627 e. The van der Waals surface area contributed by atoms with Crippen molar-refractivity contribution in [1.82, 2.24) is 0 Å². The van der Waals surface area contributed by atoms with E-state index >= 15 is 0 Å². The average Bonchev–Trinajstić information content (AvgIpc) is 1.92. The van der Waals surface area contributed by atoms with E-state index in [9.17, 15) is 0 Å². The second-order valence-electron chi connectivity index (χ2n) is 1.97. The van der Waals surface area contributed by atoms with Crippen LogP contribution in [0, 0.1) is 5.41 Å². The zero-order valence-electron chi connectivity index (χ0n) is 5.99. The summed E-state index contributed by atoms with van der Waals surface area (Å²) >= 11 is 0. The lowest BCUT2D eigenvalue weighted by atomic mass is 9.93. The van der Waals surface area contributed by atoms with Gasteiger partial charge in [0, 0.05) is 0 Å². The molecule has 0 aromatic heterocycles. The Kier molecular flexibility index (Phi) is 2.93. The molecule has 0 aliphatic heterocycles. The third-order valence-corrected chi connectivity index (χ3v) is 1.22. The first-order chi connectivity index (χ1) is 4.63. The van der Waals surface area contributed by atoms with Crippen LogP contribution in [0.1, 0.15) is 1.37 Å². The lowest BCUT2D eigenvalue weighted by Crippen LogP contribution is -2.37. The monoisotopic (exact) mass is 137 g/mol. The number of hydrogen-bond donors (Lipinski definition) is 4. The molecule has 56 valence electrons. The van der Waals surface area contributed by atoms with Gasteiger partial charge in [0.05, 0.1) is 33.2 Å². The molecule has 0 saturated heterocycles. The van der Waals surface area contributed by atoms with Crippen LogP contribution in [-0.2, 0) is 0 Å². The standard InChI is InChI=1S/C5H12O4/c6-1-5(2-7,3-8)4-9/h6-9H,1-4H2/i1D. The SMILES string of the molecule is [2H]C(O)C(CO)(CO)CO. The van der Waals surface area contributed by atoms with Crippen molar-refractivity contribution in [2.45, 2.75) is 0 Å². The summed E-state index contributed by atoms with van der Waals surface area (Å²) in [5.41, 5.74) is -1.49. The summed E-state index contributed by atoms with van der Waals surface area (Å²) in [6.45, 7) is -3.48. The normalized spacial score (nSPS) is 17.1. The molecule has 4 nitrogen and oxygen atoms in total. The Labute approximate surface area is 54.8 Å². The first-order valence-electron chi connectivity index (χ1n) is 3.13. The van der Waals surface area contributed by atoms with Crippen molar-refractivity contribution in [2.75, 3.05) is 26.4 Å². The summed E-state index contributed by atoms with van der Waals surface area (Å²) in [4.78, 5) is 0. The Morgan fingerprint density at radius 2 is 1.33 bits per heavy atom. The van der Waals surface area contributed by atoms with E-state index in [1.165, 1.54) is 0 Å². The molecule has 1 atom stereocenters. The van der Waals surface area contributed by atoms with Crippen molar-refractivity contribution >= 4 is 0 Å². The third kappa shape index (κ3) is 1.91. The van der Waals surface area contributed by atoms with E-state index in [0.29, 0.717) is 0 Å². The van der Waals surface area contributed by atoms with Gasteiger partial charge in [-0.3, -0.25) is 0 Å². The summed E-state index contributed by atoms with van der Waals surface area (Å²) in [7, 11) is 0. The van der Waals surface area contributed by atoms with Gasteiger partial charge >= 0.3 is 0 Å². The van der Waals surface area contributed by atoms with E-state index in [2.05, 4.69) is 0 Å². The van der Waals surface area contributed by atoms with Crippen molar-refractivity contribution in [3.8, 4) is 0 Å². The van der Waals surface area contributed by atoms with Gasteiger partial charge in [0.15, 0.2) is 0 Å². The molecule has 0 saturated carbocycles. The molecule has 0 aliphatic carbocycles. The molecular formula is C5H12O4. The summed E-state index contributed by atoms with van der Waals surface area (Å²) < 4.78 is 6.76. The number of hydrogen-bond acceptors (Lipinski definition) is 4. The van der Waals surface area contributed by atoms with E-state index in [1.807, 2.05) is 0 Å². The van der Waals surface area contributed by atoms with Gasteiger partial charge in [-0.05, 0) is 0 Å². The Morgan fingerprint density at radius 3 is 1.33 bits per heavy atom. The van der Waals surface area contributed by atoms with Crippen LogP contribution in [0.3, 0.4) is 0 Å². The summed E-state index contributed by atoms with van der Waals surface area (Å²) in [5.74, 6) is 0. The molecule has 0 aliphatic rings. The molecule has 0 rings (SSSR count). The summed E-state index contributed by atoms with van der Waals surface area (Å²) in [5, 5.41) is 34.3. The minimum absolute atomic E-state index is 0.606. The van der Waals surface area contributed by atoms with Gasteiger partial charge in [0.1, 0.15) is 0 Å². The fourth-order valence-corrected chi connectivity index (χ4v) is 0.272. The van der Waals surface area contributed by atoms with Crippen LogP contribution >= 0.6 is 0 Å². The average molecular weight is 137 g/mol. The third-order valence-electron chi connectivity index (χ3n) is 1.22. The van der Waals surface area contributed by atoms with Crippen molar-refractivity contribution in [3.05, 3.63) is 0 Å². The summed E-state index contributed by atoms with van der Waals surface area (Å²) in [6, 6.07) is 0. The molecule has 0 spiro atoms. The molecular weight excluding hydrogens is 124 g/mol. The molecule has 9 heavy (non-hydrogen) atoms. The predicted molar refractivity (Wildman–Crippen MR) is 30.8 cm³/mol. The first kappa shape index (κ1) is 6.95. The molecule has 4 N–H and O–H groups in total. The van der Waals surface area contributed by atoms with Gasteiger partial charge in [-0.2, -0.15) is 0 Å². The van der Waals surface area contributed by atoms with Gasteiger partial charge in [0.2, 0.25) is 0 Å². The topological polar surface area (TPSA) is 80.9 Å². The predicted octanol–water partition coefficient (Wildman–Crippen LogP) is -2.06. The van der Waals surface area contributed by atoms with Crippen molar-refractivity contribution in [3.63, 3.8) is 0 Å². The highest BCUT2D eigenvalue weighted by Crippen LogP contribution is 2.11. The largest absolute Gasteiger partial charge is 0.396 e. The van der Waals surface area contributed by atoms with Crippen molar-refractivity contribution < 1.29 is 21.8 Å².